The minimum Gasteiger partial charge on any atom is -0.496 e. The van der Waals surface area contributed by atoms with Gasteiger partial charge in [-0.1, -0.05) is 23.9 Å². The van der Waals surface area contributed by atoms with Gasteiger partial charge in [0.1, 0.15) is 16.8 Å². The van der Waals surface area contributed by atoms with Crippen LogP contribution >= 0.6 is 11.8 Å². The zero-order chi connectivity index (χ0) is 12.1. The number of aromatic nitrogens is 1. The number of rotatable bonds is 3. The van der Waals surface area contributed by atoms with Crippen LogP contribution in [0.1, 0.15) is 5.56 Å². The summed E-state index contributed by atoms with van der Waals surface area (Å²) < 4.78 is 5.26. The normalized spacial score (nSPS) is 9.65. The molecule has 0 radical (unpaired) electrons. The van der Waals surface area contributed by atoms with Crippen LogP contribution in [0, 0.1) is 11.3 Å². The van der Waals surface area contributed by atoms with Crippen LogP contribution in [0.2, 0.25) is 0 Å². The van der Waals surface area contributed by atoms with Gasteiger partial charge in [-0.25, -0.2) is 4.98 Å². The molecule has 0 N–H and O–H groups in total. The first-order valence-corrected chi connectivity index (χ1v) is 5.82. The molecule has 2 aromatic rings. The third-order valence-corrected chi connectivity index (χ3v) is 3.16. The molecule has 0 amide bonds. The molecule has 0 bridgehead atoms. The van der Waals surface area contributed by atoms with Crippen molar-refractivity contribution in [1.82, 2.24) is 4.98 Å². The standard InChI is InChI=1S/C13H10N2OS/c1-16-11-4-2-3-5-12(11)17-13-7-6-10(8-14)9-15-13/h2-7,9H,1H3. The SMILES string of the molecule is COc1ccccc1Sc1ccc(C#N)cn1. The molecule has 1 heterocycles. The Hall–Kier alpha value is -1.99. The summed E-state index contributed by atoms with van der Waals surface area (Å²) >= 11 is 1.51. The fourth-order valence-electron chi connectivity index (χ4n) is 1.32. The maximum atomic E-state index is 8.68. The van der Waals surface area contributed by atoms with Gasteiger partial charge in [0.25, 0.3) is 0 Å². The molecule has 0 fully saturated rings. The second kappa shape index (κ2) is 5.37. The quantitative estimate of drug-likeness (QED) is 0.829. The zero-order valence-corrected chi connectivity index (χ0v) is 10.1. The molecule has 1 aromatic carbocycles. The van der Waals surface area contributed by atoms with E-state index in [4.69, 9.17) is 10.00 Å². The zero-order valence-electron chi connectivity index (χ0n) is 9.25. The first-order valence-electron chi connectivity index (χ1n) is 5.00. The van der Waals surface area contributed by atoms with Crippen molar-refractivity contribution in [2.45, 2.75) is 9.92 Å². The summed E-state index contributed by atoms with van der Waals surface area (Å²) in [5, 5.41) is 9.52. The van der Waals surface area contributed by atoms with E-state index in [2.05, 4.69) is 4.98 Å². The minimum absolute atomic E-state index is 0.564. The van der Waals surface area contributed by atoms with Crippen LogP contribution in [0.25, 0.3) is 0 Å². The van der Waals surface area contributed by atoms with Crippen molar-refractivity contribution in [2.24, 2.45) is 0 Å². The smallest absolute Gasteiger partial charge is 0.132 e. The van der Waals surface area contributed by atoms with Crippen molar-refractivity contribution in [2.75, 3.05) is 7.11 Å². The topological polar surface area (TPSA) is 45.9 Å². The van der Waals surface area contributed by atoms with Gasteiger partial charge in [-0.05, 0) is 24.3 Å². The Kier molecular flexibility index (Phi) is 3.63. The summed E-state index contributed by atoms with van der Waals surface area (Å²) in [5.41, 5.74) is 0.564. The van der Waals surface area contributed by atoms with Crippen LogP contribution in [-0.4, -0.2) is 12.1 Å². The molecule has 0 saturated carbocycles. The lowest BCUT2D eigenvalue weighted by Gasteiger charge is -2.06. The van der Waals surface area contributed by atoms with Gasteiger partial charge < -0.3 is 4.74 Å². The number of hydrogen-bond acceptors (Lipinski definition) is 4. The molecule has 0 unspecified atom stereocenters. The second-order valence-corrected chi connectivity index (χ2v) is 4.31. The maximum absolute atomic E-state index is 8.68. The molecule has 0 atom stereocenters. The first kappa shape index (κ1) is 11.5. The van der Waals surface area contributed by atoms with E-state index in [-0.39, 0.29) is 0 Å². The van der Waals surface area contributed by atoms with Crippen LogP contribution in [0.3, 0.4) is 0 Å². The summed E-state index contributed by atoms with van der Waals surface area (Å²) in [6.45, 7) is 0. The van der Waals surface area contributed by atoms with Crippen LogP contribution in [0.15, 0.2) is 52.5 Å². The van der Waals surface area contributed by atoms with E-state index in [9.17, 15) is 0 Å². The molecule has 4 heteroatoms. The van der Waals surface area contributed by atoms with Gasteiger partial charge in [-0.2, -0.15) is 5.26 Å². The highest BCUT2D eigenvalue weighted by atomic mass is 32.2. The van der Waals surface area contributed by atoms with E-state index < -0.39 is 0 Å². The summed E-state index contributed by atoms with van der Waals surface area (Å²) in [6.07, 6.45) is 1.57. The van der Waals surface area contributed by atoms with E-state index in [1.165, 1.54) is 11.8 Å². The molecular formula is C13H10N2OS. The third-order valence-electron chi connectivity index (χ3n) is 2.15. The monoisotopic (exact) mass is 242 g/mol. The Labute approximate surface area is 104 Å². The fourth-order valence-corrected chi connectivity index (χ4v) is 2.19. The minimum atomic E-state index is 0.564. The van der Waals surface area contributed by atoms with Gasteiger partial charge in [-0.15, -0.1) is 0 Å². The van der Waals surface area contributed by atoms with Gasteiger partial charge in [0.05, 0.1) is 17.6 Å². The van der Waals surface area contributed by atoms with Crippen molar-refractivity contribution in [3.8, 4) is 11.8 Å². The van der Waals surface area contributed by atoms with Crippen LogP contribution in [-0.2, 0) is 0 Å². The third kappa shape index (κ3) is 2.77. The maximum Gasteiger partial charge on any atom is 0.132 e. The lowest BCUT2D eigenvalue weighted by Crippen LogP contribution is -1.86. The van der Waals surface area contributed by atoms with Gasteiger partial charge in [0.2, 0.25) is 0 Å². The summed E-state index contributed by atoms with van der Waals surface area (Å²) in [6, 6.07) is 13.4. The molecule has 3 nitrogen and oxygen atoms in total. The number of para-hydroxylation sites is 1. The Balaban J connectivity index is 2.22. The van der Waals surface area contributed by atoms with Crippen LogP contribution < -0.4 is 4.74 Å². The Bertz CT molecular complexity index is 546. The molecule has 17 heavy (non-hydrogen) atoms. The van der Waals surface area contributed by atoms with Gasteiger partial charge >= 0.3 is 0 Å². The van der Waals surface area contributed by atoms with Crippen molar-refractivity contribution >= 4 is 11.8 Å². The Morgan fingerprint density at radius 1 is 1.24 bits per heavy atom. The Morgan fingerprint density at radius 2 is 2.06 bits per heavy atom. The molecule has 1 aromatic heterocycles. The van der Waals surface area contributed by atoms with Gasteiger partial charge in [-0.3, -0.25) is 0 Å². The van der Waals surface area contributed by atoms with E-state index in [0.717, 1.165) is 15.7 Å². The highest BCUT2D eigenvalue weighted by molar-refractivity contribution is 7.99. The van der Waals surface area contributed by atoms with Crippen LogP contribution in [0.5, 0.6) is 5.75 Å². The molecular weight excluding hydrogens is 232 g/mol. The van der Waals surface area contributed by atoms with Crippen molar-refractivity contribution in [1.29, 1.82) is 5.26 Å². The molecule has 0 aliphatic rings. The molecule has 0 saturated heterocycles. The number of nitrogens with zero attached hydrogens (tertiary/aromatic N) is 2. The lowest BCUT2D eigenvalue weighted by molar-refractivity contribution is 0.405. The average molecular weight is 242 g/mol. The average Bonchev–Trinajstić information content (AvgIpc) is 2.40. The van der Waals surface area contributed by atoms with E-state index in [1.54, 1.807) is 19.4 Å². The lowest BCUT2D eigenvalue weighted by atomic mass is 10.3. The summed E-state index contributed by atoms with van der Waals surface area (Å²) in [4.78, 5) is 5.21. The predicted octanol–water partition coefficient (Wildman–Crippen LogP) is 3.11. The molecule has 0 aliphatic carbocycles. The number of benzene rings is 1. The first-order chi connectivity index (χ1) is 8.33. The van der Waals surface area contributed by atoms with Gasteiger partial charge in [0, 0.05) is 6.20 Å². The largest absolute Gasteiger partial charge is 0.496 e. The number of nitriles is 1. The molecule has 0 spiro atoms. The summed E-state index contributed by atoms with van der Waals surface area (Å²) in [7, 11) is 1.64. The van der Waals surface area contributed by atoms with E-state index in [1.807, 2.05) is 36.4 Å². The number of ether oxygens (including phenoxy) is 1. The van der Waals surface area contributed by atoms with Gasteiger partial charge in [0.15, 0.2) is 0 Å². The van der Waals surface area contributed by atoms with Crippen molar-refractivity contribution in [3.05, 3.63) is 48.2 Å². The molecule has 84 valence electrons. The van der Waals surface area contributed by atoms with Crippen molar-refractivity contribution < 1.29 is 4.74 Å². The number of pyridine rings is 1. The van der Waals surface area contributed by atoms with E-state index >= 15 is 0 Å². The molecule has 2 rings (SSSR count). The number of hydrogen-bond donors (Lipinski definition) is 0. The summed E-state index contributed by atoms with van der Waals surface area (Å²) in [5.74, 6) is 0.823. The highest BCUT2D eigenvalue weighted by Gasteiger charge is 2.04. The number of methoxy groups -OCH3 is 1. The molecule has 0 aliphatic heterocycles. The Morgan fingerprint density at radius 3 is 2.71 bits per heavy atom. The predicted molar refractivity (Wildman–Crippen MR) is 66.1 cm³/mol. The van der Waals surface area contributed by atoms with Crippen LogP contribution in [0.4, 0.5) is 0 Å². The fraction of sp³-hybridized carbons (Fsp3) is 0.0769. The highest BCUT2D eigenvalue weighted by Crippen LogP contribution is 2.33. The van der Waals surface area contributed by atoms with E-state index in [0.29, 0.717) is 5.56 Å². The second-order valence-electron chi connectivity index (χ2n) is 3.25. The van der Waals surface area contributed by atoms with Crippen molar-refractivity contribution in [3.63, 3.8) is 0 Å².